The highest BCUT2D eigenvalue weighted by Crippen LogP contribution is 2.43. The van der Waals surface area contributed by atoms with E-state index in [1.54, 1.807) is 0 Å². The lowest BCUT2D eigenvalue weighted by Crippen LogP contribution is -2.51. The maximum Gasteiger partial charge on any atom is 0.160 e. The standard InChI is InChI=1S/C20H28N6O3S/c1-3-26-19-17(12(2)24-26)18(23-14-4-6-30(27,28)7-5-14)15(11-22-19)16-10-20(29-25-16)8-13(21)9-20/h10-11,13-14,25H,3-9,21H2,1-2H3,(H,22,23). The topological polar surface area (TPSA) is 124 Å². The molecule has 9 nitrogen and oxygen atoms in total. The van der Waals surface area contributed by atoms with Gasteiger partial charge in [0.05, 0.1) is 34.0 Å². The van der Waals surface area contributed by atoms with Crippen LogP contribution in [0.25, 0.3) is 16.7 Å². The van der Waals surface area contributed by atoms with E-state index in [0.717, 1.165) is 53.1 Å². The van der Waals surface area contributed by atoms with Crippen LogP contribution in [0.3, 0.4) is 0 Å². The lowest BCUT2D eigenvalue weighted by atomic mass is 9.76. The predicted octanol–water partition coefficient (Wildman–Crippen LogP) is 1.48. The molecule has 30 heavy (non-hydrogen) atoms. The summed E-state index contributed by atoms with van der Waals surface area (Å²) in [6.45, 7) is 4.75. The number of hydrogen-bond acceptors (Lipinski definition) is 8. The van der Waals surface area contributed by atoms with Crippen molar-refractivity contribution in [1.82, 2.24) is 20.2 Å². The molecule has 0 atom stereocenters. The summed E-state index contributed by atoms with van der Waals surface area (Å²) in [5, 5.41) is 9.26. The van der Waals surface area contributed by atoms with Gasteiger partial charge in [-0.05, 0) is 45.6 Å². The molecule has 2 aromatic heterocycles. The minimum atomic E-state index is -2.93. The van der Waals surface area contributed by atoms with Crippen LogP contribution >= 0.6 is 0 Å². The van der Waals surface area contributed by atoms with E-state index in [-0.39, 0.29) is 29.2 Å². The first-order valence-corrected chi connectivity index (χ1v) is 12.4. The van der Waals surface area contributed by atoms with Crippen molar-refractivity contribution in [3.63, 3.8) is 0 Å². The third kappa shape index (κ3) is 3.27. The number of rotatable bonds is 4. The zero-order valence-electron chi connectivity index (χ0n) is 17.3. The molecule has 2 aromatic rings. The molecule has 0 bridgehead atoms. The smallest absolute Gasteiger partial charge is 0.160 e. The van der Waals surface area contributed by atoms with Gasteiger partial charge in [-0.15, -0.1) is 0 Å². The van der Waals surface area contributed by atoms with E-state index in [1.807, 2.05) is 24.7 Å². The van der Waals surface area contributed by atoms with E-state index in [2.05, 4.69) is 22.0 Å². The van der Waals surface area contributed by atoms with E-state index in [9.17, 15) is 8.42 Å². The van der Waals surface area contributed by atoms with Gasteiger partial charge in [-0.3, -0.25) is 10.3 Å². The summed E-state index contributed by atoms with van der Waals surface area (Å²) in [4.78, 5) is 10.6. The number of hydrogen-bond donors (Lipinski definition) is 3. The lowest BCUT2D eigenvalue weighted by Gasteiger charge is -2.39. The molecule has 2 aliphatic heterocycles. The number of anilines is 1. The summed E-state index contributed by atoms with van der Waals surface area (Å²) in [7, 11) is -2.93. The highest BCUT2D eigenvalue weighted by Gasteiger charge is 2.46. The van der Waals surface area contributed by atoms with Crippen LogP contribution in [0.1, 0.15) is 43.9 Å². The molecular formula is C20H28N6O3S. The van der Waals surface area contributed by atoms with Crippen molar-refractivity contribution in [1.29, 1.82) is 0 Å². The number of nitrogens with one attached hydrogen (secondary N) is 2. The fraction of sp³-hybridized carbons (Fsp3) is 0.600. The molecular weight excluding hydrogens is 404 g/mol. The molecule has 4 heterocycles. The van der Waals surface area contributed by atoms with Gasteiger partial charge in [-0.2, -0.15) is 5.10 Å². The van der Waals surface area contributed by atoms with Crippen molar-refractivity contribution in [3.8, 4) is 0 Å². The Kier molecular flexibility index (Phi) is 4.57. The van der Waals surface area contributed by atoms with Crippen LogP contribution in [0.2, 0.25) is 0 Å². The molecule has 4 N–H and O–H groups in total. The van der Waals surface area contributed by atoms with Gasteiger partial charge >= 0.3 is 0 Å². The number of hydroxylamine groups is 1. The van der Waals surface area contributed by atoms with Gasteiger partial charge in [0, 0.05) is 30.4 Å². The average Bonchev–Trinajstić information content (AvgIpc) is 3.25. The molecule has 0 unspecified atom stereocenters. The van der Waals surface area contributed by atoms with Crippen molar-refractivity contribution < 1.29 is 13.3 Å². The largest absolute Gasteiger partial charge is 0.381 e. The van der Waals surface area contributed by atoms with Crippen molar-refractivity contribution in [3.05, 3.63) is 23.5 Å². The number of nitrogens with zero attached hydrogens (tertiary/aromatic N) is 3. The van der Waals surface area contributed by atoms with Crippen molar-refractivity contribution >= 4 is 32.3 Å². The molecule has 3 aliphatic rings. The van der Waals surface area contributed by atoms with Crippen LogP contribution in [-0.4, -0.2) is 52.4 Å². The third-order valence-electron chi connectivity index (χ3n) is 6.42. The quantitative estimate of drug-likeness (QED) is 0.664. The Morgan fingerprint density at radius 2 is 2.10 bits per heavy atom. The zero-order chi connectivity index (χ0) is 21.1. The Morgan fingerprint density at radius 3 is 2.77 bits per heavy atom. The Bertz CT molecular complexity index is 1120. The number of aryl methyl sites for hydroxylation is 2. The Balaban J connectivity index is 1.57. The monoisotopic (exact) mass is 432 g/mol. The number of pyridine rings is 1. The summed E-state index contributed by atoms with van der Waals surface area (Å²) < 4.78 is 25.6. The normalized spacial score (nSPS) is 23.4. The summed E-state index contributed by atoms with van der Waals surface area (Å²) in [5.74, 6) is 0.430. The van der Waals surface area contributed by atoms with Crippen molar-refractivity contribution in [2.75, 3.05) is 16.8 Å². The first-order valence-electron chi connectivity index (χ1n) is 10.5. The van der Waals surface area contributed by atoms with Gasteiger partial charge in [0.2, 0.25) is 0 Å². The second-order valence-electron chi connectivity index (χ2n) is 8.71. The number of nitrogens with two attached hydrogens (primary N) is 1. The van der Waals surface area contributed by atoms with E-state index in [4.69, 9.17) is 15.6 Å². The summed E-state index contributed by atoms with van der Waals surface area (Å²) >= 11 is 0. The highest BCUT2D eigenvalue weighted by molar-refractivity contribution is 7.91. The van der Waals surface area contributed by atoms with Crippen LogP contribution in [0, 0.1) is 6.92 Å². The van der Waals surface area contributed by atoms with Crippen LogP contribution < -0.4 is 16.5 Å². The van der Waals surface area contributed by atoms with E-state index in [1.165, 1.54) is 0 Å². The second-order valence-corrected chi connectivity index (χ2v) is 11.0. The van der Waals surface area contributed by atoms with E-state index >= 15 is 0 Å². The summed E-state index contributed by atoms with van der Waals surface area (Å²) in [5.41, 5.74) is 13.2. The molecule has 0 amide bonds. The lowest BCUT2D eigenvalue weighted by molar-refractivity contribution is -0.0908. The second kappa shape index (κ2) is 6.93. The summed E-state index contributed by atoms with van der Waals surface area (Å²) in [6.07, 6.45) is 6.71. The van der Waals surface area contributed by atoms with Crippen LogP contribution in [-0.2, 0) is 21.2 Å². The van der Waals surface area contributed by atoms with Gasteiger partial charge in [-0.25, -0.2) is 18.1 Å². The zero-order valence-corrected chi connectivity index (χ0v) is 18.1. The van der Waals surface area contributed by atoms with Gasteiger partial charge in [0.1, 0.15) is 15.4 Å². The Labute approximate surface area is 175 Å². The van der Waals surface area contributed by atoms with E-state index in [0.29, 0.717) is 12.8 Å². The Hall–Kier alpha value is -2.17. The molecule has 2 fully saturated rings. The predicted molar refractivity (Wildman–Crippen MR) is 115 cm³/mol. The number of sulfone groups is 1. The van der Waals surface area contributed by atoms with Gasteiger partial charge in [0.25, 0.3) is 0 Å². The number of fused-ring (bicyclic) bond motifs is 1. The average molecular weight is 433 g/mol. The minimum Gasteiger partial charge on any atom is -0.381 e. The van der Waals surface area contributed by atoms with Crippen LogP contribution in [0.4, 0.5) is 5.69 Å². The van der Waals surface area contributed by atoms with Gasteiger partial charge < -0.3 is 11.1 Å². The van der Waals surface area contributed by atoms with Gasteiger partial charge in [0.15, 0.2) is 5.65 Å². The summed E-state index contributed by atoms with van der Waals surface area (Å²) in [6, 6.07) is 0.242. The molecule has 0 radical (unpaired) electrons. The Morgan fingerprint density at radius 1 is 1.37 bits per heavy atom. The third-order valence-corrected chi connectivity index (χ3v) is 8.13. The first-order chi connectivity index (χ1) is 14.3. The minimum absolute atomic E-state index is 0.0799. The molecule has 10 heteroatoms. The fourth-order valence-corrected chi connectivity index (χ4v) is 6.26. The molecule has 1 aliphatic carbocycles. The molecule has 1 spiro atoms. The van der Waals surface area contributed by atoms with Crippen molar-refractivity contribution in [2.24, 2.45) is 5.73 Å². The molecule has 1 saturated carbocycles. The molecule has 1 saturated heterocycles. The molecule has 5 rings (SSSR count). The highest BCUT2D eigenvalue weighted by atomic mass is 32.2. The molecule has 162 valence electrons. The maximum absolute atomic E-state index is 11.9. The molecule has 0 aromatic carbocycles. The van der Waals surface area contributed by atoms with Crippen LogP contribution in [0.5, 0.6) is 0 Å². The van der Waals surface area contributed by atoms with Crippen LogP contribution in [0.15, 0.2) is 12.3 Å². The number of aromatic nitrogens is 3. The van der Waals surface area contributed by atoms with Crippen molar-refractivity contribution in [2.45, 2.75) is 63.8 Å². The van der Waals surface area contributed by atoms with Gasteiger partial charge in [-0.1, -0.05) is 0 Å². The van der Waals surface area contributed by atoms with E-state index < -0.39 is 9.84 Å². The maximum atomic E-state index is 11.9. The first kappa shape index (κ1) is 19.8. The fourth-order valence-electron chi connectivity index (χ4n) is 4.77. The SMILES string of the molecule is CCn1nc(C)c2c(NC3CCS(=O)(=O)CC3)c(C3=CC4(CC(N)C4)ON3)cnc21.